The summed E-state index contributed by atoms with van der Waals surface area (Å²) in [5.74, 6) is -1.46. The maximum Gasteiger partial charge on any atom is 0.310 e. The third-order valence-corrected chi connectivity index (χ3v) is 4.52. The Morgan fingerprint density at radius 1 is 1.57 bits per heavy atom. The van der Waals surface area contributed by atoms with Crippen molar-refractivity contribution in [2.24, 2.45) is 5.92 Å². The molecule has 1 aromatic carbocycles. The highest BCUT2D eigenvalue weighted by Gasteiger charge is 2.36. The molecule has 21 heavy (non-hydrogen) atoms. The number of likely N-dealkylation sites (N-methyl/N-ethyl adjacent to an activating group) is 1. The number of carbonyl (C=O) groups is 1. The molecule has 1 saturated heterocycles. The van der Waals surface area contributed by atoms with E-state index in [2.05, 4.69) is 15.9 Å². The standard InChI is InChI=1S/C13H15BrN2O5/c1-15(11-7-21-6-9(11)13(17)18)5-8-3-2-4-10(12(8)14)16(19)20/h2-4,9,11H,5-7H2,1H3,(H,17,18). The maximum atomic E-state index is 11.2. The first-order valence-corrected chi connectivity index (χ1v) is 7.13. The quantitative estimate of drug-likeness (QED) is 0.638. The van der Waals surface area contributed by atoms with Gasteiger partial charge in [-0.05, 0) is 28.5 Å². The van der Waals surface area contributed by atoms with Crippen LogP contribution in [0.5, 0.6) is 0 Å². The molecule has 0 spiro atoms. The number of nitro benzene ring substituents is 1. The van der Waals surface area contributed by atoms with E-state index in [0.29, 0.717) is 17.6 Å². The zero-order chi connectivity index (χ0) is 15.6. The van der Waals surface area contributed by atoms with Gasteiger partial charge in [0.1, 0.15) is 0 Å². The first kappa shape index (κ1) is 15.9. The predicted octanol–water partition coefficient (Wildman–Crippen LogP) is 1.89. The summed E-state index contributed by atoms with van der Waals surface area (Å²) >= 11 is 3.25. The van der Waals surface area contributed by atoms with Gasteiger partial charge in [-0.1, -0.05) is 12.1 Å². The van der Waals surface area contributed by atoms with Gasteiger partial charge in [0.25, 0.3) is 5.69 Å². The van der Waals surface area contributed by atoms with Crippen LogP contribution in [0.15, 0.2) is 22.7 Å². The number of nitrogens with zero attached hydrogens (tertiary/aromatic N) is 2. The van der Waals surface area contributed by atoms with Gasteiger partial charge >= 0.3 is 5.97 Å². The highest BCUT2D eigenvalue weighted by atomic mass is 79.9. The van der Waals surface area contributed by atoms with Gasteiger partial charge in [0.2, 0.25) is 0 Å². The van der Waals surface area contributed by atoms with Crippen molar-refractivity contribution in [3.63, 3.8) is 0 Å². The lowest BCUT2D eigenvalue weighted by Gasteiger charge is -2.26. The molecular formula is C13H15BrN2O5. The number of rotatable bonds is 5. The molecule has 8 heteroatoms. The first-order chi connectivity index (χ1) is 9.91. The Labute approximate surface area is 129 Å². The number of benzene rings is 1. The molecule has 1 aliphatic rings. The molecule has 1 aromatic rings. The Balaban J connectivity index is 2.16. The van der Waals surface area contributed by atoms with E-state index < -0.39 is 16.8 Å². The third-order valence-electron chi connectivity index (χ3n) is 3.61. The van der Waals surface area contributed by atoms with Crippen LogP contribution in [0.4, 0.5) is 5.69 Å². The minimum Gasteiger partial charge on any atom is -0.481 e. The van der Waals surface area contributed by atoms with Crippen molar-refractivity contribution in [3.8, 4) is 0 Å². The molecule has 1 heterocycles. The zero-order valence-electron chi connectivity index (χ0n) is 11.4. The molecule has 0 bridgehead atoms. The molecule has 0 aromatic heterocycles. The Hall–Kier alpha value is -1.51. The van der Waals surface area contributed by atoms with E-state index in [0.717, 1.165) is 5.56 Å². The second-order valence-corrected chi connectivity index (χ2v) is 5.77. The van der Waals surface area contributed by atoms with Crippen molar-refractivity contribution in [1.29, 1.82) is 0 Å². The Morgan fingerprint density at radius 2 is 2.29 bits per heavy atom. The highest BCUT2D eigenvalue weighted by Crippen LogP contribution is 2.30. The summed E-state index contributed by atoms with van der Waals surface area (Å²) < 4.78 is 5.66. The van der Waals surface area contributed by atoms with Gasteiger partial charge in [0.15, 0.2) is 0 Å². The average molecular weight is 359 g/mol. The number of nitro groups is 1. The summed E-state index contributed by atoms with van der Waals surface area (Å²) in [6.45, 7) is 0.945. The molecule has 2 unspecified atom stereocenters. The molecule has 0 aliphatic carbocycles. The number of hydrogen-bond acceptors (Lipinski definition) is 5. The number of hydrogen-bond donors (Lipinski definition) is 1. The normalized spacial score (nSPS) is 21.7. The lowest BCUT2D eigenvalue weighted by Crippen LogP contribution is -2.40. The summed E-state index contributed by atoms with van der Waals surface area (Å²) in [7, 11) is 1.79. The zero-order valence-corrected chi connectivity index (χ0v) is 12.9. The number of aliphatic carboxylic acids is 1. The fourth-order valence-electron chi connectivity index (χ4n) is 2.43. The van der Waals surface area contributed by atoms with Crippen LogP contribution in [-0.4, -0.2) is 47.2 Å². The maximum absolute atomic E-state index is 11.2. The van der Waals surface area contributed by atoms with Crippen LogP contribution in [0.2, 0.25) is 0 Å². The first-order valence-electron chi connectivity index (χ1n) is 6.34. The molecule has 7 nitrogen and oxygen atoms in total. The van der Waals surface area contributed by atoms with Crippen LogP contribution in [0.25, 0.3) is 0 Å². The highest BCUT2D eigenvalue weighted by molar-refractivity contribution is 9.10. The average Bonchev–Trinajstić information content (AvgIpc) is 2.90. The van der Waals surface area contributed by atoms with E-state index >= 15 is 0 Å². The molecule has 1 aliphatic heterocycles. The van der Waals surface area contributed by atoms with Crippen LogP contribution < -0.4 is 0 Å². The van der Waals surface area contributed by atoms with E-state index in [1.54, 1.807) is 19.2 Å². The summed E-state index contributed by atoms with van der Waals surface area (Å²) in [6.07, 6.45) is 0. The minimum absolute atomic E-state index is 0.00152. The van der Waals surface area contributed by atoms with Gasteiger partial charge in [-0.3, -0.25) is 19.8 Å². The van der Waals surface area contributed by atoms with Gasteiger partial charge in [-0.2, -0.15) is 0 Å². The van der Waals surface area contributed by atoms with E-state index in [1.165, 1.54) is 6.07 Å². The molecule has 0 saturated carbocycles. The molecule has 2 atom stereocenters. The topological polar surface area (TPSA) is 92.9 Å². The van der Waals surface area contributed by atoms with E-state index in [9.17, 15) is 14.9 Å². The predicted molar refractivity (Wildman–Crippen MR) is 78.0 cm³/mol. The SMILES string of the molecule is CN(Cc1cccc([N+](=O)[O-])c1Br)C1COCC1C(=O)O. The summed E-state index contributed by atoms with van der Waals surface area (Å²) in [5.41, 5.74) is 0.737. The largest absolute Gasteiger partial charge is 0.481 e. The van der Waals surface area contributed by atoms with Crippen LogP contribution >= 0.6 is 15.9 Å². The molecule has 0 amide bonds. The van der Waals surface area contributed by atoms with Gasteiger partial charge in [0.05, 0.1) is 28.5 Å². The number of halogens is 1. The van der Waals surface area contributed by atoms with E-state index in [-0.39, 0.29) is 18.3 Å². The summed E-state index contributed by atoms with van der Waals surface area (Å²) in [4.78, 5) is 23.5. The van der Waals surface area contributed by atoms with Crippen LogP contribution in [0, 0.1) is 16.0 Å². The fraction of sp³-hybridized carbons (Fsp3) is 0.462. The van der Waals surface area contributed by atoms with Crippen molar-refractivity contribution in [1.82, 2.24) is 4.90 Å². The number of ether oxygens (including phenoxy) is 1. The summed E-state index contributed by atoms with van der Waals surface area (Å²) in [6, 6.07) is 4.57. The Bertz CT molecular complexity index is 565. The van der Waals surface area contributed by atoms with Gasteiger partial charge in [-0.15, -0.1) is 0 Å². The van der Waals surface area contributed by atoms with Gasteiger partial charge < -0.3 is 9.84 Å². The van der Waals surface area contributed by atoms with Crippen molar-refractivity contribution >= 4 is 27.6 Å². The smallest absolute Gasteiger partial charge is 0.310 e. The van der Waals surface area contributed by atoms with Crippen LogP contribution in [0.1, 0.15) is 5.56 Å². The second-order valence-electron chi connectivity index (χ2n) is 4.97. The molecule has 2 rings (SSSR count). The van der Waals surface area contributed by atoms with E-state index in [1.807, 2.05) is 4.90 Å². The minimum atomic E-state index is -0.887. The lowest BCUT2D eigenvalue weighted by molar-refractivity contribution is -0.385. The van der Waals surface area contributed by atoms with Crippen molar-refractivity contribution in [2.45, 2.75) is 12.6 Å². The monoisotopic (exact) mass is 358 g/mol. The third kappa shape index (κ3) is 3.39. The van der Waals surface area contributed by atoms with Crippen molar-refractivity contribution in [2.75, 3.05) is 20.3 Å². The summed E-state index contributed by atoms with van der Waals surface area (Å²) in [5, 5.41) is 20.1. The van der Waals surface area contributed by atoms with Crippen LogP contribution in [-0.2, 0) is 16.1 Å². The van der Waals surface area contributed by atoms with Crippen LogP contribution in [0.3, 0.4) is 0 Å². The second kappa shape index (κ2) is 6.50. The Morgan fingerprint density at radius 3 is 2.90 bits per heavy atom. The molecule has 0 radical (unpaired) electrons. The lowest BCUT2D eigenvalue weighted by atomic mass is 10.0. The van der Waals surface area contributed by atoms with Crippen molar-refractivity contribution in [3.05, 3.63) is 38.3 Å². The molecule has 1 N–H and O–H groups in total. The van der Waals surface area contributed by atoms with Gasteiger partial charge in [-0.25, -0.2) is 0 Å². The van der Waals surface area contributed by atoms with Crippen molar-refractivity contribution < 1.29 is 19.6 Å². The number of carboxylic acids is 1. The Kier molecular flexibility index (Phi) is 4.92. The van der Waals surface area contributed by atoms with Gasteiger partial charge in [0, 0.05) is 18.7 Å². The number of carboxylic acid groups (broad SMARTS) is 1. The molecule has 1 fully saturated rings. The fourth-order valence-corrected chi connectivity index (χ4v) is 2.96. The van der Waals surface area contributed by atoms with E-state index in [4.69, 9.17) is 9.84 Å². The molecule has 114 valence electrons. The molecular weight excluding hydrogens is 344 g/mol.